The zero-order chi connectivity index (χ0) is 39.4. The third-order valence-corrected chi connectivity index (χ3v) is 11.5. The lowest BCUT2D eigenvalue weighted by Gasteiger charge is -2.39. The summed E-state index contributed by atoms with van der Waals surface area (Å²) in [4.78, 5) is 38.5. The third-order valence-electron chi connectivity index (χ3n) is 9.08. The Morgan fingerprint density at radius 1 is 0.963 bits per heavy atom. The van der Waals surface area contributed by atoms with Gasteiger partial charge in [0.2, 0.25) is 15.9 Å². The molecule has 0 bridgehead atoms. The molecule has 0 spiro atoms. The van der Waals surface area contributed by atoms with Crippen LogP contribution in [-0.4, -0.2) is 106 Å². The third kappa shape index (κ3) is 9.92. The molecule has 1 saturated heterocycles. The van der Waals surface area contributed by atoms with Gasteiger partial charge in [0.15, 0.2) is 0 Å². The summed E-state index contributed by atoms with van der Waals surface area (Å²) in [5, 5.41) is 4.03. The van der Waals surface area contributed by atoms with Crippen molar-refractivity contribution < 1.29 is 27.5 Å². The molecule has 2 N–H and O–H groups in total. The van der Waals surface area contributed by atoms with Gasteiger partial charge in [-0.05, 0) is 94.6 Å². The van der Waals surface area contributed by atoms with Crippen molar-refractivity contribution in [2.24, 2.45) is 4.99 Å². The average Bonchev–Trinajstić information content (AvgIpc) is 3.48. The molecule has 2 aliphatic heterocycles. The van der Waals surface area contributed by atoms with Crippen LogP contribution in [0.5, 0.6) is 5.75 Å². The number of benzene rings is 3. The van der Waals surface area contributed by atoms with Crippen LogP contribution in [0.2, 0.25) is 10.0 Å². The summed E-state index contributed by atoms with van der Waals surface area (Å²) in [5.41, 5.74) is 1.68. The number of aryl methyl sites for hydroxylation is 1. The number of rotatable bonds is 12. The Hall–Kier alpha value is -3.72. The number of hydrogen-bond acceptors (Lipinski definition) is 8. The summed E-state index contributed by atoms with van der Waals surface area (Å²) in [6.07, 6.45) is 0. The van der Waals surface area contributed by atoms with E-state index >= 15 is 4.79 Å². The van der Waals surface area contributed by atoms with E-state index < -0.39 is 27.6 Å². The number of nitrogens with zero attached hydrogens (tertiary/aromatic N) is 4. The molecule has 1 fully saturated rings. The quantitative estimate of drug-likeness (QED) is 0.223. The van der Waals surface area contributed by atoms with Gasteiger partial charge in [-0.2, -0.15) is 0 Å². The number of aliphatic imine (C=N–C) groups is 1. The van der Waals surface area contributed by atoms with Gasteiger partial charge < -0.3 is 19.7 Å². The second-order valence-corrected chi connectivity index (χ2v) is 17.2. The largest absolute Gasteiger partial charge is 0.493 e. The van der Waals surface area contributed by atoms with Crippen molar-refractivity contribution in [3.8, 4) is 5.75 Å². The molecule has 3 amide bonds. The SMILES string of the molecule is CCOc1cc(C)c(S(=O)(=O)NC(C)(C)C)cc1C1=N[C@@H](c2ccc(Cl)cc2)[C@@H](c2ccc(Cl)cc2)N1C(=O)N1CCN(CC(=O)NC(C)COC)CC1. The van der Waals surface area contributed by atoms with Gasteiger partial charge in [0.05, 0.1) is 36.3 Å². The van der Waals surface area contributed by atoms with Crippen LogP contribution in [0.3, 0.4) is 0 Å². The number of urea groups is 1. The first-order valence-electron chi connectivity index (χ1n) is 18.0. The lowest BCUT2D eigenvalue weighted by atomic mass is 9.93. The molecule has 3 aromatic rings. The Bertz CT molecular complexity index is 1950. The fraction of sp³-hybridized carbons (Fsp3) is 0.462. The molecular formula is C39H50Cl2N6O6S. The maximum absolute atomic E-state index is 15.1. The van der Waals surface area contributed by atoms with Crippen LogP contribution < -0.4 is 14.8 Å². The van der Waals surface area contributed by atoms with Crippen molar-refractivity contribution in [3.05, 3.63) is 93.0 Å². The maximum Gasteiger partial charge on any atom is 0.326 e. The number of sulfonamides is 1. The molecule has 0 aliphatic carbocycles. The van der Waals surface area contributed by atoms with Crippen molar-refractivity contribution in [2.45, 2.75) is 70.1 Å². The molecule has 2 aliphatic rings. The number of ether oxygens (including phenoxy) is 2. The first kappa shape index (κ1) is 41.4. The van der Waals surface area contributed by atoms with Crippen molar-refractivity contribution >= 4 is 51.0 Å². The van der Waals surface area contributed by atoms with E-state index in [1.165, 1.54) is 0 Å². The molecule has 0 saturated carbocycles. The maximum atomic E-state index is 15.1. The van der Waals surface area contributed by atoms with E-state index in [2.05, 4.69) is 10.0 Å². The Balaban J connectivity index is 1.61. The van der Waals surface area contributed by atoms with Crippen molar-refractivity contribution in [2.75, 3.05) is 53.0 Å². The van der Waals surface area contributed by atoms with Gasteiger partial charge in [-0.15, -0.1) is 0 Å². The molecule has 5 rings (SSSR count). The molecular weight excluding hydrogens is 751 g/mol. The lowest BCUT2D eigenvalue weighted by molar-refractivity contribution is -0.123. The van der Waals surface area contributed by atoms with Crippen LogP contribution in [-0.2, 0) is 19.6 Å². The Kier molecular flexibility index (Phi) is 13.3. The van der Waals surface area contributed by atoms with Crippen LogP contribution in [0.4, 0.5) is 4.79 Å². The van der Waals surface area contributed by atoms with Crippen LogP contribution in [0.15, 0.2) is 70.6 Å². The van der Waals surface area contributed by atoms with Gasteiger partial charge in [-0.1, -0.05) is 47.5 Å². The lowest BCUT2D eigenvalue weighted by Crippen LogP contribution is -2.55. The molecule has 12 nitrogen and oxygen atoms in total. The summed E-state index contributed by atoms with van der Waals surface area (Å²) >= 11 is 12.7. The molecule has 15 heteroatoms. The van der Waals surface area contributed by atoms with Gasteiger partial charge in [0.25, 0.3) is 0 Å². The van der Waals surface area contributed by atoms with E-state index in [0.29, 0.717) is 66.3 Å². The summed E-state index contributed by atoms with van der Waals surface area (Å²) < 4.78 is 41.8. The van der Waals surface area contributed by atoms with Gasteiger partial charge in [-0.25, -0.2) is 17.9 Å². The van der Waals surface area contributed by atoms with Crippen molar-refractivity contribution in [1.29, 1.82) is 0 Å². The summed E-state index contributed by atoms with van der Waals surface area (Å²) in [5.74, 6) is 0.548. The highest BCUT2D eigenvalue weighted by molar-refractivity contribution is 7.89. The summed E-state index contributed by atoms with van der Waals surface area (Å²) in [6, 6.07) is 16.1. The normalized spacial score (nSPS) is 18.7. The Labute approximate surface area is 328 Å². The van der Waals surface area contributed by atoms with E-state index in [9.17, 15) is 13.2 Å². The minimum absolute atomic E-state index is 0.0515. The number of halogens is 2. The molecule has 3 atom stereocenters. The molecule has 54 heavy (non-hydrogen) atoms. The van der Waals surface area contributed by atoms with Gasteiger partial charge in [0, 0.05) is 54.9 Å². The number of carbonyl (C=O) groups is 2. The number of piperazine rings is 1. The second-order valence-electron chi connectivity index (χ2n) is 14.7. The van der Waals surface area contributed by atoms with Crippen LogP contribution in [0, 0.1) is 6.92 Å². The van der Waals surface area contributed by atoms with Crippen LogP contribution in [0.25, 0.3) is 0 Å². The molecule has 1 unspecified atom stereocenters. The summed E-state index contributed by atoms with van der Waals surface area (Å²) in [7, 11) is -2.42. The fourth-order valence-electron chi connectivity index (χ4n) is 6.78. The monoisotopic (exact) mass is 800 g/mol. The Morgan fingerprint density at radius 2 is 1.56 bits per heavy atom. The van der Waals surface area contributed by atoms with Crippen LogP contribution >= 0.6 is 23.2 Å². The highest BCUT2D eigenvalue weighted by Gasteiger charge is 2.45. The topological polar surface area (TPSA) is 133 Å². The minimum Gasteiger partial charge on any atom is -0.493 e. The molecule has 0 aromatic heterocycles. The van der Waals surface area contributed by atoms with Gasteiger partial charge in [-0.3, -0.25) is 19.6 Å². The summed E-state index contributed by atoms with van der Waals surface area (Å²) in [6.45, 7) is 13.3. The van der Waals surface area contributed by atoms with E-state index in [4.69, 9.17) is 37.7 Å². The van der Waals surface area contributed by atoms with Gasteiger partial charge >= 0.3 is 6.03 Å². The number of hydrogen-bond donors (Lipinski definition) is 2. The van der Waals surface area contributed by atoms with Gasteiger partial charge in [0.1, 0.15) is 17.6 Å². The molecule has 0 radical (unpaired) electrons. The zero-order valence-electron chi connectivity index (χ0n) is 31.9. The predicted molar refractivity (Wildman–Crippen MR) is 212 cm³/mol. The fourth-order valence-corrected chi connectivity index (χ4v) is 8.70. The Morgan fingerprint density at radius 3 is 2.11 bits per heavy atom. The molecule has 292 valence electrons. The number of carbonyl (C=O) groups excluding carboxylic acids is 2. The second kappa shape index (κ2) is 17.4. The molecule has 2 heterocycles. The average molecular weight is 802 g/mol. The first-order chi connectivity index (χ1) is 25.5. The number of methoxy groups -OCH3 is 1. The van der Waals surface area contributed by atoms with E-state index in [1.54, 1.807) is 81.0 Å². The number of amidine groups is 1. The smallest absolute Gasteiger partial charge is 0.326 e. The van der Waals surface area contributed by atoms with Crippen molar-refractivity contribution in [1.82, 2.24) is 24.7 Å². The van der Waals surface area contributed by atoms with E-state index in [1.807, 2.05) is 43.0 Å². The minimum atomic E-state index is -4.01. The standard InChI is InChI=1S/C39H50Cl2N6O6S/c1-8-53-32-21-25(2)33(54(50,51)44-39(4,5)6)22-31(32)37-43-35(27-9-13-29(40)14-10-27)36(28-11-15-30(41)16-12-28)47(37)38(49)46-19-17-45(18-20-46)23-34(48)42-26(3)24-52-7/h9-16,21-22,26,35-36,44H,8,17-20,23-24H2,1-7H3,(H,42,48)/t26?,35-,36+/m0/s1. The van der Waals surface area contributed by atoms with Crippen LogP contribution in [0.1, 0.15) is 69.0 Å². The highest BCUT2D eigenvalue weighted by Crippen LogP contribution is 2.46. The van der Waals surface area contributed by atoms with E-state index in [-0.39, 0.29) is 35.3 Å². The first-order valence-corrected chi connectivity index (χ1v) is 20.2. The highest BCUT2D eigenvalue weighted by atomic mass is 35.5. The van der Waals surface area contributed by atoms with Crippen molar-refractivity contribution in [3.63, 3.8) is 0 Å². The molecule has 3 aromatic carbocycles. The zero-order valence-corrected chi connectivity index (χ0v) is 34.2. The number of amides is 3. The van der Waals surface area contributed by atoms with E-state index in [0.717, 1.165) is 11.1 Å². The number of nitrogens with one attached hydrogen (secondary N) is 2. The predicted octanol–water partition coefficient (Wildman–Crippen LogP) is 6.21.